The van der Waals surface area contributed by atoms with Crippen LogP contribution in [0.1, 0.15) is 25.5 Å². The van der Waals surface area contributed by atoms with Crippen LogP contribution < -0.4 is 10.1 Å². The highest BCUT2D eigenvalue weighted by Crippen LogP contribution is 2.34. The number of amides is 1. The number of rotatable bonds is 8. The van der Waals surface area contributed by atoms with Gasteiger partial charge in [0.05, 0.1) is 11.8 Å². The first-order valence-electron chi connectivity index (χ1n) is 8.00. The summed E-state index contributed by atoms with van der Waals surface area (Å²) in [5.41, 5.74) is -1.61. The van der Waals surface area contributed by atoms with E-state index in [9.17, 15) is 20.0 Å². The molecule has 0 aliphatic carbocycles. The van der Waals surface area contributed by atoms with Gasteiger partial charge in [0, 0.05) is 6.07 Å². The normalized spacial score (nSPS) is 13.9. The Morgan fingerprint density at radius 3 is 2.50 bits per heavy atom. The maximum absolute atomic E-state index is 12.0. The summed E-state index contributed by atoms with van der Waals surface area (Å²) in [5.74, 6) is -2.28. The Hall–Kier alpha value is -3.40. The third kappa shape index (κ3) is 3.64. The Morgan fingerprint density at radius 1 is 1.27 bits per heavy atom. The maximum Gasteiger partial charge on any atom is 0.331 e. The van der Waals surface area contributed by atoms with Gasteiger partial charge in [0.1, 0.15) is 11.7 Å². The lowest BCUT2D eigenvalue weighted by Crippen LogP contribution is -2.59. The Morgan fingerprint density at radius 2 is 1.96 bits per heavy atom. The number of hydrogen-bond donors (Lipinski definition) is 2. The van der Waals surface area contributed by atoms with Crippen molar-refractivity contribution < 1.29 is 19.4 Å². The molecule has 7 heteroatoms. The molecule has 2 aromatic rings. The molecule has 0 fully saturated rings. The molecule has 0 spiro atoms. The number of hydrogen-bond acceptors (Lipinski definition) is 5. The minimum Gasteiger partial charge on any atom is -0.479 e. The van der Waals surface area contributed by atoms with Crippen molar-refractivity contribution in [3.05, 3.63) is 54.2 Å². The summed E-state index contributed by atoms with van der Waals surface area (Å²) in [6, 6.07) is 15.7. The minimum atomic E-state index is -1.81. The van der Waals surface area contributed by atoms with E-state index in [0.29, 0.717) is 12.2 Å². The maximum atomic E-state index is 12.0. The first-order valence-corrected chi connectivity index (χ1v) is 8.00. The van der Waals surface area contributed by atoms with Crippen LogP contribution in [-0.4, -0.2) is 28.0 Å². The quantitative estimate of drug-likeness (QED) is 0.706. The zero-order valence-electron chi connectivity index (χ0n) is 14.4. The van der Waals surface area contributed by atoms with Crippen LogP contribution in [0, 0.1) is 17.2 Å². The lowest BCUT2D eigenvalue weighted by molar-refractivity contribution is -0.149. The minimum absolute atomic E-state index is 0.200. The van der Waals surface area contributed by atoms with E-state index in [1.807, 2.05) is 12.1 Å². The number of benzene rings is 1. The number of carboxylic acids is 1. The Bertz CT molecular complexity index is 817. The summed E-state index contributed by atoms with van der Waals surface area (Å²) < 4.78 is 5.65. The standard InChI is InChI=1S/C19H19N3O4/c1-13(2)19(18(24)25,21-12-23)15(11-20)16-9-6-10-17(22-16)26-14-7-4-3-5-8-14/h3-10,12-13,15H,1-2H3,(H,21,23)(H,24,25). The Kier molecular flexibility index (Phi) is 5.91. The fraction of sp³-hybridized carbons (Fsp3) is 0.263. The largest absolute Gasteiger partial charge is 0.479 e. The number of nitriles is 1. The van der Waals surface area contributed by atoms with Gasteiger partial charge in [-0.1, -0.05) is 38.1 Å². The highest BCUT2D eigenvalue weighted by Gasteiger charge is 2.50. The van der Waals surface area contributed by atoms with Crippen LogP contribution in [-0.2, 0) is 9.59 Å². The second kappa shape index (κ2) is 8.12. The van der Waals surface area contributed by atoms with E-state index in [1.54, 1.807) is 50.2 Å². The van der Waals surface area contributed by atoms with Gasteiger partial charge in [0.2, 0.25) is 12.3 Å². The van der Waals surface area contributed by atoms with Crippen molar-refractivity contribution in [2.75, 3.05) is 0 Å². The molecule has 26 heavy (non-hydrogen) atoms. The number of carboxylic acid groups (broad SMARTS) is 1. The molecular weight excluding hydrogens is 334 g/mol. The summed E-state index contributed by atoms with van der Waals surface area (Å²) in [4.78, 5) is 27.3. The van der Waals surface area contributed by atoms with E-state index in [1.165, 1.54) is 6.07 Å². The van der Waals surface area contributed by atoms with Gasteiger partial charge in [-0.25, -0.2) is 9.78 Å². The van der Waals surface area contributed by atoms with Gasteiger partial charge in [-0.15, -0.1) is 0 Å². The van der Waals surface area contributed by atoms with Crippen molar-refractivity contribution in [1.29, 1.82) is 5.26 Å². The molecule has 1 aromatic carbocycles. The van der Waals surface area contributed by atoms with E-state index in [0.717, 1.165) is 0 Å². The van der Waals surface area contributed by atoms with Crippen molar-refractivity contribution in [3.8, 4) is 17.7 Å². The molecule has 0 saturated carbocycles. The Labute approximate surface area is 151 Å². The zero-order chi connectivity index (χ0) is 19.2. The number of carbonyl (C=O) groups is 2. The van der Waals surface area contributed by atoms with Crippen LogP contribution in [0.25, 0.3) is 0 Å². The molecule has 0 aliphatic heterocycles. The summed E-state index contributed by atoms with van der Waals surface area (Å²) >= 11 is 0. The number of aliphatic carboxylic acids is 1. The van der Waals surface area contributed by atoms with Crippen LogP contribution >= 0.6 is 0 Å². The van der Waals surface area contributed by atoms with Gasteiger partial charge in [0.15, 0.2) is 5.54 Å². The van der Waals surface area contributed by atoms with Crippen LogP contribution in [0.3, 0.4) is 0 Å². The van der Waals surface area contributed by atoms with E-state index in [4.69, 9.17) is 4.74 Å². The molecule has 2 atom stereocenters. The molecule has 7 nitrogen and oxygen atoms in total. The molecule has 1 aromatic heterocycles. The van der Waals surface area contributed by atoms with Gasteiger partial charge in [-0.3, -0.25) is 4.79 Å². The Balaban J connectivity index is 2.46. The predicted molar refractivity (Wildman–Crippen MR) is 93.5 cm³/mol. The van der Waals surface area contributed by atoms with E-state index in [2.05, 4.69) is 10.3 Å². The molecule has 2 rings (SSSR count). The first kappa shape index (κ1) is 18.9. The lowest BCUT2D eigenvalue weighted by Gasteiger charge is -2.36. The molecule has 2 unspecified atom stereocenters. The van der Waals surface area contributed by atoms with Crippen LogP contribution in [0.2, 0.25) is 0 Å². The molecule has 1 heterocycles. The number of carbonyl (C=O) groups excluding carboxylic acids is 1. The number of aromatic nitrogens is 1. The SMILES string of the molecule is CC(C)C(NC=O)(C(=O)O)C(C#N)c1cccc(Oc2ccccc2)n1. The predicted octanol–water partition coefficient (Wildman–Crippen LogP) is 2.71. The summed E-state index contributed by atoms with van der Waals surface area (Å²) in [5, 5.41) is 21.8. The van der Waals surface area contributed by atoms with Gasteiger partial charge in [-0.2, -0.15) is 5.26 Å². The average molecular weight is 353 g/mol. The summed E-state index contributed by atoms with van der Waals surface area (Å²) in [6.07, 6.45) is 0.294. The lowest BCUT2D eigenvalue weighted by atomic mass is 9.74. The molecule has 134 valence electrons. The fourth-order valence-corrected chi connectivity index (χ4v) is 2.77. The average Bonchev–Trinajstić information content (AvgIpc) is 2.62. The van der Waals surface area contributed by atoms with Crippen LogP contribution in [0.15, 0.2) is 48.5 Å². The smallest absolute Gasteiger partial charge is 0.331 e. The number of nitrogens with zero attached hydrogens (tertiary/aromatic N) is 2. The van der Waals surface area contributed by atoms with Gasteiger partial charge < -0.3 is 15.2 Å². The van der Waals surface area contributed by atoms with Crippen molar-refractivity contribution >= 4 is 12.4 Å². The van der Waals surface area contributed by atoms with Crippen molar-refractivity contribution in [2.45, 2.75) is 25.3 Å². The molecule has 0 bridgehead atoms. The topological polar surface area (TPSA) is 112 Å². The number of para-hydroxylation sites is 1. The number of nitrogens with one attached hydrogen (secondary N) is 1. The second-order valence-electron chi connectivity index (χ2n) is 5.97. The number of pyridine rings is 1. The third-order valence-electron chi connectivity index (χ3n) is 4.15. The second-order valence-corrected chi connectivity index (χ2v) is 5.97. The molecule has 1 amide bonds. The zero-order valence-corrected chi connectivity index (χ0v) is 14.4. The highest BCUT2D eigenvalue weighted by atomic mass is 16.5. The van der Waals surface area contributed by atoms with Gasteiger partial charge in [-0.05, 0) is 24.1 Å². The van der Waals surface area contributed by atoms with Crippen molar-refractivity contribution in [1.82, 2.24) is 10.3 Å². The monoisotopic (exact) mass is 353 g/mol. The van der Waals surface area contributed by atoms with Gasteiger partial charge >= 0.3 is 5.97 Å². The molecule has 2 N–H and O–H groups in total. The fourth-order valence-electron chi connectivity index (χ4n) is 2.77. The third-order valence-corrected chi connectivity index (χ3v) is 4.15. The van der Waals surface area contributed by atoms with Crippen molar-refractivity contribution in [3.63, 3.8) is 0 Å². The van der Waals surface area contributed by atoms with E-state index >= 15 is 0 Å². The van der Waals surface area contributed by atoms with E-state index < -0.39 is 23.3 Å². The molecule has 0 saturated heterocycles. The summed E-state index contributed by atoms with van der Waals surface area (Å²) in [6.45, 7) is 3.25. The van der Waals surface area contributed by atoms with E-state index in [-0.39, 0.29) is 11.6 Å². The molecule has 0 radical (unpaired) electrons. The van der Waals surface area contributed by atoms with Crippen LogP contribution in [0.4, 0.5) is 0 Å². The van der Waals surface area contributed by atoms with Crippen molar-refractivity contribution in [2.24, 2.45) is 5.92 Å². The molecule has 0 aliphatic rings. The summed E-state index contributed by atoms with van der Waals surface area (Å²) in [7, 11) is 0. The number of ether oxygens (including phenoxy) is 1. The molecular formula is C19H19N3O4. The van der Waals surface area contributed by atoms with Gasteiger partial charge in [0.25, 0.3) is 0 Å². The van der Waals surface area contributed by atoms with Crippen LogP contribution in [0.5, 0.6) is 11.6 Å². The first-order chi connectivity index (χ1) is 12.5. The highest BCUT2D eigenvalue weighted by molar-refractivity contribution is 5.84.